The van der Waals surface area contributed by atoms with Crippen molar-refractivity contribution in [2.24, 2.45) is 0 Å². The van der Waals surface area contributed by atoms with Gasteiger partial charge in [-0.1, -0.05) is 32.0 Å². The van der Waals surface area contributed by atoms with Gasteiger partial charge in [-0.05, 0) is 25.5 Å². The molecule has 17 heavy (non-hydrogen) atoms. The molecule has 0 saturated carbocycles. The van der Waals surface area contributed by atoms with Gasteiger partial charge < -0.3 is 10.1 Å². The van der Waals surface area contributed by atoms with Crippen LogP contribution in [0.5, 0.6) is 0 Å². The summed E-state index contributed by atoms with van der Waals surface area (Å²) < 4.78 is 5.20. The van der Waals surface area contributed by atoms with E-state index in [0.29, 0.717) is 24.3 Å². The lowest BCUT2D eigenvalue weighted by Crippen LogP contribution is -2.33. The summed E-state index contributed by atoms with van der Waals surface area (Å²) in [5, 5.41) is 3.36. The SMILES string of the molecule is CC(C)NC(C)CCOC(=O)c1ccccc1. The van der Waals surface area contributed by atoms with Crippen molar-refractivity contribution in [3.8, 4) is 0 Å². The number of carbonyl (C=O) groups is 1. The number of rotatable bonds is 6. The van der Waals surface area contributed by atoms with Crippen LogP contribution in [0.2, 0.25) is 0 Å². The van der Waals surface area contributed by atoms with Crippen LogP contribution in [0.1, 0.15) is 37.6 Å². The molecule has 0 heterocycles. The average Bonchev–Trinajstić information content (AvgIpc) is 2.29. The molecule has 0 bridgehead atoms. The van der Waals surface area contributed by atoms with Crippen LogP contribution in [0.25, 0.3) is 0 Å². The van der Waals surface area contributed by atoms with Crippen molar-refractivity contribution < 1.29 is 9.53 Å². The molecule has 0 saturated heterocycles. The Labute approximate surface area is 103 Å². The maximum atomic E-state index is 11.6. The molecule has 0 radical (unpaired) electrons. The molecule has 1 rings (SSSR count). The topological polar surface area (TPSA) is 38.3 Å². The van der Waals surface area contributed by atoms with Crippen molar-refractivity contribution in [2.75, 3.05) is 6.61 Å². The van der Waals surface area contributed by atoms with E-state index in [1.165, 1.54) is 0 Å². The van der Waals surface area contributed by atoms with Crippen molar-refractivity contribution >= 4 is 5.97 Å². The number of hydrogen-bond donors (Lipinski definition) is 1. The maximum Gasteiger partial charge on any atom is 0.338 e. The molecule has 0 spiro atoms. The van der Waals surface area contributed by atoms with Gasteiger partial charge in [0.1, 0.15) is 0 Å². The molecule has 0 amide bonds. The Balaban J connectivity index is 2.25. The van der Waals surface area contributed by atoms with Gasteiger partial charge in [-0.15, -0.1) is 0 Å². The van der Waals surface area contributed by atoms with Gasteiger partial charge in [-0.25, -0.2) is 4.79 Å². The smallest absolute Gasteiger partial charge is 0.338 e. The molecule has 0 aliphatic heterocycles. The fourth-order valence-corrected chi connectivity index (χ4v) is 1.64. The second-order valence-electron chi connectivity index (χ2n) is 4.51. The molecule has 1 N–H and O–H groups in total. The van der Waals surface area contributed by atoms with Crippen LogP contribution in [0.15, 0.2) is 30.3 Å². The average molecular weight is 235 g/mol. The predicted molar refractivity (Wildman–Crippen MR) is 69.1 cm³/mol. The van der Waals surface area contributed by atoms with E-state index in [1.54, 1.807) is 12.1 Å². The third-order valence-corrected chi connectivity index (χ3v) is 2.41. The molecule has 3 nitrogen and oxygen atoms in total. The normalized spacial score (nSPS) is 12.5. The van der Waals surface area contributed by atoms with E-state index in [-0.39, 0.29) is 5.97 Å². The molecule has 94 valence electrons. The summed E-state index contributed by atoms with van der Waals surface area (Å²) >= 11 is 0. The van der Waals surface area contributed by atoms with Crippen LogP contribution >= 0.6 is 0 Å². The Kier molecular flexibility index (Phi) is 5.70. The zero-order chi connectivity index (χ0) is 12.7. The minimum absolute atomic E-state index is 0.248. The van der Waals surface area contributed by atoms with Gasteiger partial charge in [0, 0.05) is 12.1 Å². The highest BCUT2D eigenvalue weighted by Gasteiger charge is 2.08. The first kappa shape index (κ1) is 13.7. The van der Waals surface area contributed by atoms with Crippen molar-refractivity contribution in [2.45, 2.75) is 39.3 Å². The Morgan fingerprint density at radius 1 is 1.24 bits per heavy atom. The van der Waals surface area contributed by atoms with Crippen molar-refractivity contribution in [1.82, 2.24) is 5.32 Å². The summed E-state index contributed by atoms with van der Waals surface area (Å²) in [7, 11) is 0. The van der Waals surface area contributed by atoms with Gasteiger partial charge in [0.05, 0.1) is 12.2 Å². The van der Waals surface area contributed by atoms with Gasteiger partial charge >= 0.3 is 5.97 Å². The molecule has 1 atom stereocenters. The number of hydrogen-bond acceptors (Lipinski definition) is 3. The van der Waals surface area contributed by atoms with Gasteiger partial charge in [0.15, 0.2) is 0 Å². The summed E-state index contributed by atoms with van der Waals surface area (Å²) in [6.07, 6.45) is 0.830. The third kappa shape index (κ3) is 5.50. The minimum Gasteiger partial charge on any atom is -0.462 e. The molecular weight excluding hydrogens is 214 g/mol. The monoisotopic (exact) mass is 235 g/mol. The highest BCUT2D eigenvalue weighted by atomic mass is 16.5. The molecule has 0 fully saturated rings. The molecule has 0 aromatic heterocycles. The van der Waals surface area contributed by atoms with E-state index in [2.05, 4.69) is 26.1 Å². The van der Waals surface area contributed by atoms with Crippen molar-refractivity contribution in [3.63, 3.8) is 0 Å². The first-order valence-electron chi connectivity index (χ1n) is 6.08. The number of benzene rings is 1. The highest BCUT2D eigenvalue weighted by molar-refractivity contribution is 5.89. The van der Waals surface area contributed by atoms with E-state index >= 15 is 0 Å². The second-order valence-corrected chi connectivity index (χ2v) is 4.51. The molecule has 0 aliphatic carbocycles. The minimum atomic E-state index is -0.248. The highest BCUT2D eigenvalue weighted by Crippen LogP contribution is 2.02. The Bertz CT molecular complexity index is 335. The van der Waals surface area contributed by atoms with E-state index < -0.39 is 0 Å². The third-order valence-electron chi connectivity index (χ3n) is 2.41. The van der Waals surface area contributed by atoms with Crippen LogP contribution < -0.4 is 5.32 Å². The van der Waals surface area contributed by atoms with Gasteiger partial charge in [-0.2, -0.15) is 0 Å². The summed E-state index contributed by atoms with van der Waals surface area (Å²) in [5.41, 5.74) is 0.608. The van der Waals surface area contributed by atoms with E-state index in [1.807, 2.05) is 18.2 Å². The molecule has 1 aromatic rings. The number of ether oxygens (including phenoxy) is 1. The van der Waals surface area contributed by atoms with E-state index in [0.717, 1.165) is 6.42 Å². The summed E-state index contributed by atoms with van der Waals surface area (Å²) in [5.74, 6) is -0.248. The summed E-state index contributed by atoms with van der Waals surface area (Å²) in [6.45, 7) is 6.75. The van der Waals surface area contributed by atoms with Crippen LogP contribution in [-0.4, -0.2) is 24.7 Å². The quantitative estimate of drug-likeness (QED) is 0.770. The van der Waals surface area contributed by atoms with Gasteiger partial charge in [0.25, 0.3) is 0 Å². The lowest BCUT2D eigenvalue weighted by atomic mass is 10.2. The Hall–Kier alpha value is -1.35. The predicted octanol–water partition coefficient (Wildman–Crippen LogP) is 2.62. The Morgan fingerprint density at radius 3 is 2.47 bits per heavy atom. The lowest BCUT2D eigenvalue weighted by molar-refractivity contribution is 0.0491. The first-order chi connectivity index (χ1) is 8.09. The van der Waals surface area contributed by atoms with Crippen molar-refractivity contribution in [1.29, 1.82) is 0 Å². The second kappa shape index (κ2) is 7.07. The lowest BCUT2D eigenvalue weighted by Gasteiger charge is -2.16. The standard InChI is InChI=1S/C14H21NO2/c1-11(2)15-12(3)9-10-17-14(16)13-7-5-4-6-8-13/h4-8,11-12,15H,9-10H2,1-3H3. The van der Waals surface area contributed by atoms with Crippen LogP contribution in [0, 0.1) is 0 Å². The zero-order valence-corrected chi connectivity index (χ0v) is 10.8. The van der Waals surface area contributed by atoms with Crippen molar-refractivity contribution in [3.05, 3.63) is 35.9 Å². The molecular formula is C14H21NO2. The fourth-order valence-electron chi connectivity index (χ4n) is 1.64. The largest absolute Gasteiger partial charge is 0.462 e. The van der Waals surface area contributed by atoms with Crippen LogP contribution in [-0.2, 0) is 4.74 Å². The molecule has 3 heteroatoms. The maximum absolute atomic E-state index is 11.6. The molecule has 1 aromatic carbocycles. The first-order valence-corrected chi connectivity index (χ1v) is 6.08. The van der Waals surface area contributed by atoms with E-state index in [4.69, 9.17) is 4.74 Å². The number of nitrogens with one attached hydrogen (secondary N) is 1. The van der Waals surface area contributed by atoms with E-state index in [9.17, 15) is 4.79 Å². The van der Waals surface area contributed by atoms with Gasteiger partial charge in [-0.3, -0.25) is 0 Å². The number of esters is 1. The summed E-state index contributed by atoms with van der Waals surface area (Å²) in [4.78, 5) is 11.6. The molecule has 0 aliphatic rings. The number of carbonyl (C=O) groups excluding carboxylic acids is 1. The summed E-state index contributed by atoms with van der Waals surface area (Å²) in [6, 6.07) is 9.88. The molecule has 1 unspecified atom stereocenters. The zero-order valence-electron chi connectivity index (χ0n) is 10.8. The van der Waals surface area contributed by atoms with Gasteiger partial charge in [0.2, 0.25) is 0 Å². The Morgan fingerprint density at radius 2 is 1.88 bits per heavy atom. The fraction of sp³-hybridized carbons (Fsp3) is 0.500. The van der Waals surface area contributed by atoms with Crippen LogP contribution in [0.3, 0.4) is 0 Å². The van der Waals surface area contributed by atoms with Crippen LogP contribution in [0.4, 0.5) is 0 Å².